The van der Waals surface area contributed by atoms with Crippen LogP contribution in [-0.4, -0.2) is 83.3 Å². The van der Waals surface area contributed by atoms with Gasteiger partial charge in [-0.15, -0.1) is 0 Å². The summed E-state index contributed by atoms with van der Waals surface area (Å²) >= 11 is 2.05. The molecule has 0 radical (unpaired) electrons. The molecule has 2 amide bonds. The normalized spacial score (nSPS) is 22.7. The average Bonchev–Trinajstić information content (AvgIpc) is 3.67. The number of hydrogen-bond acceptors (Lipinski definition) is 9. The van der Waals surface area contributed by atoms with E-state index in [9.17, 15) is 24.9 Å². The Labute approximate surface area is 239 Å². The van der Waals surface area contributed by atoms with Crippen LogP contribution in [0.5, 0.6) is 11.5 Å². The second-order valence-electron chi connectivity index (χ2n) is 9.38. The molecule has 4 rings (SSSR count). The minimum Gasteiger partial charge on any atom is -0.493 e. The zero-order valence-corrected chi connectivity index (χ0v) is 23.7. The van der Waals surface area contributed by atoms with E-state index in [0.29, 0.717) is 39.2 Å². The van der Waals surface area contributed by atoms with Crippen LogP contribution in [0, 0.1) is 3.57 Å². The maximum Gasteiger partial charge on any atom is 0.252 e. The smallest absolute Gasteiger partial charge is 0.252 e. The average molecular weight is 656 g/mol. The number of carbonyl (C=O) groups excluding carboxylic acids is 2. The molecule has 1 aromatic heterocycles. The first kappa shape index (κ1) is 29.3. The summed E-state index contributed by atoms with van der Waals surface area (Å²) < 4.78 is 23.3. The predicted molar refractivity (Wildman–Crippen MR) is 147 cm³/mol. The molecule has 2 aliphatic rings. The second-order valence-corrected chi connectivity index (χ2v) is 10.5. The first-order chi connectivity index (χ1) is 18.9. The molecule has 212 valence electrons. The van der Waals surface area contributed by atoms with Gasteiger partial charge in [0.1, 0.15) is 18.3 Å². The van der Waals surface area contributed by atoms with E-state index < -0.39 is 30.3 Å². The van der Waals surface area contributed by atoms with Crippen LogP contribution in [0.1, 0.15) is 30.4 Å². The van der Waals surface area contributed by atoms with Gasteiger partial charge in [-0.2, -0.15) is 0 Å². The van der Waals surface area contributed by atoms with Gasteiger partial charge in [-0.25, -0.2) is 0 Å². The van der Waals surface area contributed by atoms with Crippen LogP contribution in [0.25, 0.3) is 0 Å². The number of halogens is 1. The molecule has 0 spiro atoms. The number of methoxy groups -OCH3 is 1. The molecular formula is C27H33IN2O9. The summed E-state index contributed by atoms with van der Waals surface area (Å²) in [7, 11) is 1.47. The number of ether oxygens (including phenoxy) is 3. The summed E-state index contributed by atoms with van der Waals surface area (Å²) in [5.74, 6) is -0.0310. The lowest BCUT2D eigenvalue weighted by atomic mass is 9.87. The van der Waals surface area contributed by atoms with Gasteiger partial charge in [0.15, 0.2) is 11.5 Å². The molecule has 11 nitrogen and oxygen atoms in total. The van der Waals surface area contributed by atoms with Gasteiger partial charge in [0, 0.05) is 37.3 Å². The van der Waals surface area contributed by atoms with Crippen LogP contribution in [0.4, 0.5) is 0 Å². The monoisotopic (exact) mass is 656 g/mol. The Kier molecular flexibility index (Phi) is 10.2. The Hall–Kier alpha value is -2.65. The fourth-order valence-corrected chi connectivity index (χ4v) is 5.58. The molecular weight excluding hydrogens is 623 g/mol. The van der Waals surface area contributed by atoms with Crippen LogP contribution in [0.3, 0.4) is 0 Å². The zero-order valence-electron chi connectivity index (χ0n) is 21.5. The molecule has 12 heteroatoms. The second kappa shape index (κ2) is 13.6. The Morgan fingerprint density at radius 2 is 2.08 bits per heavy atom. The van der Waals surface area contributed by atoms with E-state index in [2.05, 4.69) is 27.9 Å². The Morgan fingerprint density at radius 1 is 1.26 bits per heavy atom. The van der Waals surface area contributed by atoms with Crippen LogP contribution < -0.4 is 14.8 Å². The highest BCUT2D eigenvalue weighted by Gasteiger charge is 2.43. The maximum atomic E-state index is 13.7. The fourth-order valence-electron chi connectivity index (χ4n) is 4.79. The van der Waals surface area contributed by atoms with E-state index in [4.69, 9.17) is 18.6 Å². The molecule has 4 unspecified atom stereocenters. The third kappa shape index (κ3) is 6.92. The maximum absolute atomic E-state index is 13.7. The van der Waals surface area contributed by atoms with Gasteiger partial charge in [-0.1, -0.05) is 0 Å². The van der Waals surface area contributed by atoms with Gasteiger partial charge >= 0.3 is 0 Å². The van der Waals surface area contributed by atoms with Crippen molar-refractivity contribution in [1.29, 1.82) is 0 Å². The number of nitrogens with zero attached hydrogens (tertiary/aromatic N) is 1. The lowest BCUT2D eigenvalue weighted by molar-refractivity contribution is -0.149. The number of hydrogen-bond donors (Lipinski definition) is 4. The lowest BCUT2D eigenvalue weighted by Gasteiger charge is -2.41. The molecule has 1 fully saturated rings. The summed E-state index contributed by atoms with van der Waals surface area (Å²) in [6, 6.07) is 4.27. The van der Waals surface area contributed by atoms with Crippen molar-refractivity contribution in [3.05, 3.63) is 57.1 Å². The van der Waals surface area contributed by atoms with Crippen LogP contribution in [0.15, 0.2) is 46.8 Å². The van der Waals surface area contributed by atoms with Gasteiger partial charge < -0.3 is 44.2 Å². The molecule has 0 saturated carbocycles. The fraction of sp³-hybridized carbons (Fsp3) is 0.481. The van der Waals surface area contributed by atoms with Gasteiger partial charge in [0.05, 0.1) is 42.5 Å². The number of amides is 2. The summed E-state index contributed by atoms with van der Waals surface area (Å²) in [6.07, 6.45) is 3.07. The van der Waals surface area contributed by atoms with E-state index in [1.54, 1.807) is 18.2 Å². The van der Waals surface area contributed by atoms with Crippen molar-refractivity contribution in [2.75, 3.05) is 26.9 Å². The SMILES string of the molecule is COc1cc(CO)cc(I)c1OC1C=C(C(=O)NCCO)CC(N(Cc2ccoc2)C(=O)C2CCCO2)C1O. The number of aliphatic hydroxyl groups excluding tert-OH is 3. The van der Waals surface area contributed by atoms with Gasteiger partial charge in [0.2, 0.25) is 5.91 Å². The van der Waals surface area contributed by atoms with Crippen molar-refractivity contribution in [1.82, 2.24) is 10.2 Å². The largest absolute Gasteiger partial charge is 0.493 e. The third-order valence-electron chi connectivity index (χ3n) is 6.76. The molecule has 1 saturated heterocycles. The standard InChI is InChI=1S/C27H33IN2O9/c1-36-23-10-17(14-32)9-19(28)25(23)39-22-12-18(26(34)29-5-6-31)11-20(24(22)33)30(13-16-4-8-37-15-16)27(35)21-3-2-7-38-21/h4,8-10,12,15,20-22,24,31-33H,2-3,5-7,11,13-14H2,1H3,(H,29,34). The predicted octanol–water partition coefficient (Wildman–Crippen LogP) is 1.51. The number of rotatable bonds is 11. The Bertz CT molecular complexity index is 1160. The lowest BCUT2D eigenvalue weighted by Crippen LogP contribution is -2.56. The van der Waals surface area contributed by atoms with Crippen molar-refractivity contribution in [3.8, 4) is 11.5 Å². The number of furan rings is 1. The van der Waals surface area contributed by atoms with Gasteiger partial charge in [-0.3, -0.25) is 9.59 Å². The summed E-state index contributed by atoms with van der Waals surface area (Å²) in [4.78, 5) is 28.2. The number of nitrogens with one attached hydrogen (secondary N) is 1. The molecule has 2 heterocycles. The molecule has 0 bridgehead atoms. The third-order valence-corrected chi connectivity index (χ3v) is 7.56. The summed E-state index contributed by atoms with van der Waals surface area (Å²) in [5.41, 5.74) is 1.66. The van der Waals surface area contributed by atoms with Gasteiger partial charge in [-0.05, 0) is 65.3 Å². The van der Waals surface area contributed by atoms with E-state index in [-0.39, 0.29) is 38.6 Å². The zero-order chi connectivity index (χ0) is 27.9. The highest BCUT2D eigenvalue weighted by molar-refractivity contribution is 14.1. The number of aliphatic hydroxyl groups is 3. The topological polar surface area (TPSA) is 151 Å². The van der Waals surface area contributed by atoms with Gasteiger partial charge in [0.25, 0.3) is 5.91 Å². The molecule has 1 aliphatic carbocycles. The summed E-state index contributed by atoms with van der Waals surface area (Å²) in [6.45, 7) is 0.246. The minimum atomic E-state index is -1.21. The van der Waals surface area contributed by atoms with Crippen molar-refractivity contribution in [2.45, 2.75) is 56.8 Å². The minimum absolute atomic E-state index is 0.0524. The van der Waals surface area contributed by atoms with Crippen molar-refractivity contribution >= 4 is 34.4 Å². The van der Waals surface area contributed by atoms with E-state index in [1.807, 2.05) is 0 Å². The van der Waals surface area contributed by atoms with Crippen molar-refractivity contribution < 1.29 is 43.5 Å². The highest BCUT2D eigenvalue weighted by atomic mass is 127. The van der Waals surface area contributed by atoms with Crippen LogP contribution in [0.2, 0.25) is 0 Å². The van der Waals surface area contributed by atoms with E-state index in [0.717, 1.165) is 12.0 Å². The molecule has 1 aromatic carbocycles. The van der Waals surface area contributed by atoms with Crippen LogP contribution in [-0.2, 0) is 27.5 Å². The quantitative estimate of drug-likeness (QED) is 0.264. The summed E-state index contributed by atoms with van der Waals surface area (Å²) in [5, 5.41) is 33.1. The van der Waals surface area contributed by atoms with Crippen LogP contribution >= 0.6 is 22.6 Å². The molecule has 4 atom stereocenters. The highest BCUT2D eigenvalue weighted by Crippen LogP contribution is 2.37. The molecule has 2 aromatic rings. The molecule has 39 heavy (non-hydrogen) atoms. The number of carbonyl (C=O) groups is 2. The first-order valence-corrected chi connectivity index (χ1v) is 13.8. The first-order valence-electron chi connectivity index (χ1n) is 12.7. The Balaban J connectivity index is 1.71. The van der Waals surface area contributed by atoms with E-state index >= 15 is 0 Å². The van der Waals surface area contributed by atoms with E-state index in [1.165, 1.54) is 30.6 Å². The van der Waals surface area contributed by atoms with Crippen molar-refractivity contribution in [2.24, 2.45) is 0 Å². The Morgan fingerprint density at radius 3 is 2.72 bits per heavy atom. The number of benzene rings is 1. The van der Waals surface area contributed by atoms with Crippen molar-refractivity contribution in [3.63, 3.8) is 0 Å². The molecule has 1 aliphatic heterocycles. The molecule has 4 N–H and O–H groups in total.